The first kappa shape index (κ1) is 17.5. The normalized spacial score (nSPS) is 12.8. The molecule has 5 nitrogen and oxygen atoms in total. The van der Waals surface area contributed by atoms with Crippen LogP contribution in [0.15, 0.2) is 18.2 Å². The van der Waals surface area contributed by atoms with Gasteiger partial charge in [-0.1, -0.05) is 13.0 Å². The first-order valence-corrected chi connectivity index (χ1v) is 8.91. The van der Waals surface area contributed by atoms with Crippen molar-refractivity contribution in [1.29, 1.82) is 0 Å². The summed E-state index contributed by atoms with van der Waals surface area (Å²) in [7, 11) is -3.55. The molecule has 0 aromatic heterocycles. The zero-order valence-corrected chi connectivity index (χ0v) is 14.1. The molecule has 0 unspecified atom stereocenters. The van der Waals surface area contributed by atoms with Gasteiger partial charge in [-0.05, 0) is 50.5 Å². The van der Waals surface area contributed by atoms with E-state index in [9.17, 15) is 13.2 Å². The summed E-state index contributed by atoms with van der Waals surface area (Å²) >= 11 is 0. The molecule has 0 aliphatic carbocycles. The van der Waals surface area contributed by atoms with Crippen LogP contribution in [0, 0.1) is 13.8 Å². The number of anilines is 1. The van der Waals surface area contributed by atoms with E-state index < -0.39 is 16.1 Å². The van der Waals surface area contributed by atoms with Gasteiger partial charge in [-0.2, -0.15) is 0 Å². The van der Waals surface area contributed by atoms with Gasteiger partial charge in [-0.25, -0.2) is 8.42 Å². The van der Waals surface area contributed by atoms with Gasteiger partial charge in [0.2, 0.25) is 15.9 Å². The molecule has 0 aliphatic rings. The van der Waals surface area contributed by atoms with Crippen LogP contribution in [-0.2, 0) is 14.8 Å². The molecule has 0 aliphatic heterocycles. The van der Waals surface area contributed by atoms with Crippen molar-refractivity contribution in [2.75, 3.05) is 17.1 Å². The summed E-state index contributed by atoms with van der Waals surface area (Å²) in [6, 6.07) is 4.68. The molecule has 1 N–H and O–H groups in total. The molecule has 0 fully saturated rings. The lowest BCUT2D eigenvalue weighted by atomic mass is 10.1. The second-order valence-corrected chi connectivity index (χ2v) is 7.01. The number of aryl methyl sites for hydroxylation is 2. The fourth-order valence-corrected chi connectivity index (χ4v) is 3.42. The minimum Gasteiger partial charge on any atom is -0.355 e. The molecule has 1 atom stereocenters. The number of rotatable bonds is 6. The number of benzene rings is 1. The number of carbonyl (C=O) groups excluding carboxylic acids is 1. The van der Waals surface area contributed by atoms with Crippen LogP contribution < -0.4 is 9.62 Å². The average molecular weight is 312 g/mol. The Morgan fingerprint density at radius 3 is 2.29 bits per heavy atom. The Bertz CT molecular complexity index is 611. The number of sulfonamides is 1. The van der Waals surface area contributed by atoms with Crippen LogP contribution in [0.1, 0.15) is 31.4 Å². The van der Waals surface area contributed by atoms with Crippen molar-refractivity contribution in [3.63, 3.8) is 0 Å². The molecule has 0 heterocycles. The molecule has 21 heavy (non-hydrogen) atoms. The maximum absolute atomic E-state index is 12.2. The SMILES string of the molecule is CCNC(=O)[C@@H](CC)N(c1ccc(C)c(C)c1)S(C)(=O)=O. The number of likely N-dealkylation sites (N-methyl/N-ethyl adjacent to an activating group) is 1. The monoisotopic (exact) mass is 312 g/mol. The molecule has 1 rings (SSSR count). The lowest BCUT2D eigenvalue weighted by molar-refractivity contribution is -0.122. The standard InChI is InChI=1S/C15H24N2O3S/c1-6-14(15(18)16-7-2)17(21(5,19)20)13-9-8-11(3)12(4)10-13/h8-10,14H,6-7H2,1-5H3,(H,16,18)/t14-/m1/s1. The molecule has 6 heteroatoms. The Morgan fingerprint density at radius 2 is 1.86 bits per heavy atom. The lowest BCUT2D eigenvalue weighted by Crippen LogP contribution is -2.49. The molecule has 118 valence electrons. The van der Waals surface area contributed by atoms with Gasteiger partial charge in [0.25, 0.3) is 0 Å². The summed E-state index contributed by atoms with van der Waals surface area (Å²) in [5.41, 5.74) is 2.60. The molecule has 0 bridgehead atoms. The highest BCUT2D eigenvalue weighted by Gasteiger charge is 2.31. The van der Waals surface area contributed by atoms with Crippen molar-refractivity contribution >= 4 is 21.6 Å². The Morgan fingerprint density at radius 1 is 1.24 bits per heavy atom. The summed E-state index contributed by atoms with van der Waals surface area (Å²) in [6.45, 7) is 7.97. The maximum Gasteiger partial charge on any atom is 0.243 e. The Labute approximate surface area is 127 Å². The highest BCUT2D eigenvalue weighted by Crippen LogP contribution is 2.24. The third-order valence-electron chi connectivity index (χ3n) is 3.43. The zero-order chi connectivity index (χ0) is 16.2. The van der Waals surface area contributed by atoms with E-state index >= 15 is 0 Å². The van der Waals surface area contributed by atoms with Gasteiger partial charge in [0.15, 0.2) is 0 Å². The van der Waals surface area contributed by atoms with Crippen molar-refractivity contribution in [1.82, 2.24) is 5.32 Å². The van der Waals surface area contributed by atoms with Gasteiger partial charge < -0.3 is 5.32 Å². The van der Waals surface area contributed by atoms with E-state index in [2.05, 4.69) is 5.32 Å². The van der Waals surface area contributed by atoms with Crippen LogP contribution >= 0.6 is 0 Å². The lowest BCUT2D eigenvalue weighted by Gasteiger charge is -2.30. The summed E-state index contributed by atoms with van der Waals surface area (Å²) in [5.74, 6) is -0.274. The average Bonchev–Trinajstić information content (AvgIpc) is 2.38. The van der Waals surface area contributed by atoms with Gasteiger partial charge in [0.05, 0.1) is 11.9 Å². The number of amides is 1. The van der Waals surface area contributed by atoms with E-state index in [1.165, 1.54) is 4.31 Å². The minimum absolute atomic E-state index is 0.274. The van der Waals surface area contributed by atoms with Gasteiger partial charge in [-0.15, -0.1) is 0 Å². The van der Waals surface area contributed by atoms with Gasteiger partial charge >= 0.3 is 0 Å². The van der Waals surface area contributed by atoms with E-state index in [1.807, 2.05) is 26.8 Å². The highest BCUT2D eigenvalue weighted by molar-refractivity contribution is 7.92. The highest BCUT2D eigenvalue weighted by atomic mass is 32.2. The molecule has 0 spiro atoms. The second-order valence-electron chi connectivity index (χ2n) is 5.15. The molecular formula is C15H24N2O3S. The second kappa shape index (κ2) is 6.93. The van der Waals surface area contributed by atoms with Crippen molar-refractivity contribution in [3.8, 4) is 0 Å². The Balaban J connectivity index is 3.34. The van der Waals surface area contributed by atoms with Crippen LogP contribution in [-0.4, -0.2) is 33.2 Å². The van der Waals surface area contributed by atoms with Crippen LogP contribution in [0.5, 0.6) is 0 Å². The van der Waals surface area contributed by atoms with E-state index in [0.717, 1.165) is 17.4 Å². The number of nitrogens with zero attached hydrogens (tertiary/aromatic N) is 1. The van der Waals surface area contributed by atoms with Crippen molar-refractivity contribution in [2.45, 2.75) is 40.2 Å². The smallest absolute Gasteiger partial charge is 0.243 e. The van der Waals surface area contributed by atoms with Gasteiger partial charge in [0.1, 0.15) is 6.04 Å². The summed E-state index contributed by atoms with van der Waals surface area (Å²) < 4.78 is 25.6. The molecule has 1 aromatic rings. The first-order valence-electron chi connectivity index (χ1n) is 7.06. The van der Waals surface area contributed by atoms with Crippen molar-refractivity contribution < 1.29 is 13.2 Å². The molecule has 0 saturated carbocycles. The summed E-state index contributed by atoms with van der Waals surface area (Å²) in [4.78, 5) is 12.2. The van der Waals surface area contributed by atoms with E-state index in [1.54, 1.807) is 19.1 Å². The first-order chi connectivity index (χ1) is 9.72. The Hall–Kier alpha value is -1.56. The fourth-order valence-electron chi connectivity index (χ4n) is 2.21. The number of carbonyl (C=O) groups is 1. The quantitative estimate of drug-likeness (QED) is 0.873. The fraction of sp³-hybridized carbons (Fsp3) is 0.533. The Kier molecular flexibility index (Phi) is 5.78. The van der Waals surface area contributed by atoms with E-state index in [-0.39, 0.29) is 5.91 Å². The van der Waals surface area contributed by atoms with E-state index in [4.69, 9.17) is 0 Å². The summed E-state index contributed by atoms with van der Waals surface area (Å²) in [6.07, 6.45) is 1.54. The molecule has 0 saturated heterocycles. The van der Waals surface area contributed by atoms with Gasteiger partial charge in [-0.3, -0.25) is 9.10 Å². The van der Waals surface area contributed by atoms with Crippen LogP contribution in [0.3, 0.4) is 0 Å². The number of hydrogen-bond acceptors (Lipinski definition) is 3. The van der Waals surface area contributed by atoms with Crippen molar-refractivity contribution in [3.05, 3.63) is 29.3 Å². The molecule has 1 amide bonds. The third kappa shape index (κ3) is 4.20. The number of hydrogen-bond donors (Lipinski definition) is 1. The largest absolute Gasteiger partial charge is 0.355 e. The van der Waals surface area contributed by atoms with E-state index in [0.29, 0.717) is 18.7 Å². The molecular weight excluding hydrogens is 288 g/mol. The zero-order valence-electron chi connectivity index (χ0n) is 13.3. The van der Waals surface area contributed by atoms with Gasteiger partial charge in [0, 0.05) is 6.54 Å². The summed E-state index contributed by atoms with van der Waals surface area (Å²) in [5, 5.41) is 2.70. The van der Waals surface area contributed by atoms with Crippen LogP contribution in [0.2, 0.25) is 0 Å². The third-order valence-corrected chi connectivity index (χ3v) is 4.61. The van der Waals surface area contributed by atoms with Crippen LogP contribution in [0.4, 0.5) is 5.69 Å². The number of nitrogens with one attached hydrogen (secondary N) is 1. The minimum atomic E-state index is -3.55. The van der Waals surface area contributed by atoms with Crippen molar-refractivity contribution in [2.24, 2.45) is 0 Å². The topological polar surface area (TPSA) is 66.5 Å². The van der Waals surface area contributed by atoms with Crippen LogP contribution in [0.25, 0.3) is 0 Å². The predicted octanol–water partition coefficient (Wildman–Crippen LogP) is 1.98. The maximum atomic E-state index is 12.2. The predicted molar refractivity (Wildman–Crippen MR) is 86.0 cm³/mol. The molecule has 0 radical (unpaired) electrons. The molecule has 1 aromatic carbocycles.